The molecule has 10 heavy (non-hydrogen) atoms. The van der Waals surface area contributed by atoms with Crippen molar-refractivity contribution in [3.63, 3.8) is 0 Å². The Balaban J connectivity index is 0. The molecule has 1 heterocycles. The maximum Gasteiger partial charge on any atom is 1.00 e. The third kappa shape index (κ3) is 1.63. The van der Waals surface area contributed by atoms with Crippen LogP contribution in [0.15, 0.2) is 10.7 Å². The van der Waals surface area contributed by atoms with Gasteiger partial charge in [0.25, 0.3) is 0 Å². The molecule has 0 atom stereocenters. The fourth-order valence-corrected chi connectivity index (χ4v) is 0.504. The number of rotatable bonds is 1. The molecule has 0 aliphatic heterocycles. The molecule has 0 unspecified atom stereocenters. The van der Waals surface area contributed by atoms with Gasteiger partial charge in [-0.2, -0.15) is 0 Å². The van der Waals surface area contributed by atoms with Crippen LogP contribution >= 0.6 is 0 Å². The number of carboxylic acids is 1. The fourth-order valence-electron chi connectivity index (χ4n) is 0.504. The van der Waals surface area contributed by atoms with E-state index >= 15 is 0 Å². The Hall–Kier alpha value is -0.723. The van der Waals surface area contributed by atoms with Gasteiger partial charge in [-0.3, -0.25) is 0 Å². The van der Waals surface area contributed by atoms with Crippen LogP contribution in [-0.4, -0.2) is 16.2 Å². The van der Waals surface area contributed by atoms with Gasteiger partial charge in [-0.05, 0) is 6.92 Å². The monoisotopic (exact) mass is 135 g/mol. The van der Waals surface area contributed by atoms with Gasteiger partial charge in [0.2, 0.25) is 0 Å². The molecule has 0 amide bonds. The third-order valence-corrected chi connectivity index (χ3v) is 0.981. The van der Waals surface area contributed by atoms with Crippen LogP contribution < -0.4 is 18.9 Å². The van der Waals surface area contributed by atoms with Crippen molar-refractivity contribution in [1.29, 1.82) is 0 Å². The molecule has 0 saturated heterocycles. The van der Waals surface area contributed by atoms with Crippen LogP contribution in [0.4, 0.5) is 0 Å². The van der Waals surface area contributed by atoms with Gasteiger partial charge in [-0.25, -0.2) is 4.79 Å². The van der Waals surface area contributed by atoms with Gasteiger partial charge in [-0.1, -0.05) is 5.16 Å². The molecule has 5 heteroatoms. The second-order valence-corrected chi connectivity index (χ2v) is 1.60. The number of aromatic carboxylic acids is 1. The molecule has 1 aromatic rings. The molecule has 0 radical (unpaired) electrons. The second kappa shape index (κ2) is 3.45. The van der Waals surface area contributed by atoms with Crippen molar-refractivity contribution in [2.24, 2.45) is 0 Å². The van der Waals surface area contributed by atoms with Crippen molar-refractivity contribution in [2.75, 3.05) is 0 Å². The molecular weight excluding hydrogens is 129 g/mol. The van der Waals surface area contributed by atoms with Crippen molar-refractivity contribution >= 4 is 5.97 Å². The van der Waals surface area contributed by atoms with Crippen LogP contribution in [0, 0.1) is 6.92 Å². The molecule has 0 aliphatic rings. The Morgan fingerprint density at radius 2 is 2.50 bits per heavy atom. The molecule has 4 nitrogen and oxygen atoms in total. The first kappa shape index (κ1) is 9.28. The number of aromatic nitrogens is 1. The average molecular weight is 135 g/mol. The number of hydrogen-bond acceptors (Lipinski definition) is 3. The second-order valence-electron chi connectivity index (χ2n) is 1.60. The third-order valence-electron chi connectivity index (χ3n) is 0.981. The standard InChI is InChI=1S/C5H5NO3.Li.H/c1-3-4(5(7)8)2-6-9-3;;/h2H,1H3,(H,7,8);;/q;+1;-1. The van der Waals surface area contributed by atoms with Crippen molar-refractivity contribution in [1.82, 2.24) is 5.16 Å². The zero-order chi connectivity index (χ0) is 6.85. The summed E-state index contributed by atoms with van der Waals surface area (Å²) in [6.07, 6.45) is 1.18. The molecule has 1 rings (SSSR count). The number of hydrogen-bond donors (Lipinski definition) is 1. The normalized spacial score (nSPS) is 8.50. The van der Waals surface area contributed by atoms with Gasteiger partial charge in [-0.15, -0.1) is 0 Å². The van der Waals surface area contributed by atoms with Gasteiger partial charge in [0.05, 0.1) is 6.20 Å². The molecular formula is C5H6LiNO3. The minimum absolute atomic E-state index is 0. The number of aryl methyl sites for hydroxylation is 1. The van der Waals surface area contributed by atoms with E-state index in [0.717, 1.165) is 0 Å². The fraction of sp³-hybridized carbons (Fsp3) is 0.200. The Labute approximate surface area is 70.9 Å². The summed E-state index contributed by atoms with van der Waals surface area (Å²) in [6.45, 7) is 1.55. The first-order chi connectivity index (χ1) is 4.22. The van der Waals surface area contributed by atoms with Crippen LogP contribution in [0.3, 0.4) is 0 Å². The van der Waals surface area contributed by atoms with Crippen LogP contribution in [0.1, 0.15) is 17.5 Å². The SMILES string of the molecule is Cc1oncc1C(=O)O.[H-].[Li+]. The van der Waals surface area contributed by atoms with Crippen LogP contribution in [0.5, 0.6) is 0 Å². The van der Waals surface area contributed by atoms with Gasteiger partial charge in [0.1, 0.15) is 11.3 Å². The van der Waals surface area contributed by atoms with Gasteiger partial charge < -0.3 is 11.1 Å². The Morgan fingerprint density at radius 3 is 2.70 bits per heavy atom. The zero-order valence-electron chi connectivity index (χ0n) is 6.79. The summed E-state index contributed by atoms with van der Waals surface area (Å²) in [5.74, 6) is -0.670. The maximum absolute atomic E-state index is 10.2. The molecule has 0 spiro atoms. The van der Waals surface area contributed by atoms with E-state index < -0.39 is 5.97 Å². The molecule has 0 fully saturated rings. The van der Waals surface area contributed by atoms with Crippen LogP contribution in [0.25, 0.3) is 0 Å². The van der Waals surface area contributed by atoms with E-state index in [1.165, 1.54) is 6.20 Å². The minimum Gasteiger partial charge on any atom is -1.00 e. The molecule has 0 saturated carbocycles. The quantitative estimate of drug-likeness (QED) is 0.444. The van der Waals surface area contributed by atoms with Crippen LogP contribution in [0.2, 0.25) is 0 Å². The summed E-state index contributed by atoms with van der Waals surface area (Å²) in [4.78, 5) is 10.2. The summed E-state index contributed by atoms with van der Waals surface area (Å²) in [5, 5.41) is 11.6. The Morgan fingerprint density at radius 1 is 1.90 bits per heavy atom. The molecule has 0 aromatic carbocycles. The van der Waals surface area contributed by atoms with Crippen LogP contribution in [-0.2, 0) is 0 Å². The van der Waals surface area contributed by atoms with Crippen molar-refractivity contribution < 1.29 is 34.7 Å². The van der Waals surface area contributed by atoms with E-state index in [1.54, 1.807) is 6.92 Å². The Kier molecular flexibility index (Phi) is 3.20. The van der Waals surface area contributed by atoms with Gasteiger partial charge in [0.15, 0.2) is 0 Å². The summed E-state index contributed by atoms with van der Waals surface area (Å²) >= 11 is 0. The molecule has 1 aromatic heterocycles. The van der Waals surface area contributed by atoms with E-state index in [2.05, 4.69) is 9.68 Å². The number of carboxylic acid groups (broad SMARTS) is 1. The zero-order valence-corrected chi connectivity index (χ0v) is 5.79. The summed E-state index contributed by atoms with van der Waals surface area (Å²) in [6, 6.07) is 0. The van der Waals surface area contributed by atoms with E-state index in [1.807, 2.05) is 0 Å². The topological polar surface area (TPSA) is 63.3 Å². The molecule has 0 aliphatic carbocycles. The summed E-state index contributed by atoms with van der Waals surface area (Å²) in [7, 11) is 0. The predicted octanol–water partition coefficient (Wildman–Crippen LogP) is -2.20. The van der Waals surface area contributed by atoms with Crippen molar-refractivity contribution in [2.45, 2.75) is 6.92 Å². The van der Waals surface area contributed by atoms with E-state index in [9.17, 15) is 4.79 Å². The van der Waals surface area contributed by atoms with Crippen molar-refractivity contribution in [3.8, 4) is 0 Å². The van der Waals surface area contributed by atoms with Gasteiger partial charge >= 0.3 is 24.8 Å². The first-order valence-corrected chi connectivity index (χ1v) is 2.36. The molecule has 0 bridgehead atoms. The molecule has 1 N–H and O–H groups in total. The minimum atomic E-state index is -1.01. The van der Waals surface area contributed by atoms with Gasteiger partial charge in [0, 0.05) is 0 Å². The van der Waals surface area contributed by atoms with E-state index in [4.69, 9.17) is 5.11 Å². The van der Waals surface area contributed by atoms with E-state index in [0.29, 0.717) is 5.76 Å². The van der Waals surface area contributed by atoms with E-state index in [-0.39, 0.29) is 25.9 Å². The summed E-state index contributed by atoms with van der Waals surface area (Å²) < 4.78 is 4.49. The largest absolute Gasteiger partial charge is 1.00 e. The summed E-state index contributed by atoms with van der Waals surface area (Å²) in [5.41, 5.74) is 0.120. The van der Waals surface area contributed by atoms with Crippen molar-refractivity contribution in [3.05, 3.63) is 17.5 Å². The Bertz CT molecular complexity index is 237. The number of carbonyl (C=O) groups is 1. The molecule has 50 valence electrons. The first-order valence-electron chi connectivity index (χ1n) is 2.36. The smallest absolute Gasteiger partial charge is 1.00 e. The number of nitrogens with zero attached hydrogens (tertiary/aromatic N) is 1. The maximum atomic E-state index is 10.2. The average Bonchev–Trinajstić information content (AvgIpc) is 2.13. The predicted molar refractivity (Wildman–Crippen MR) is 29.3 cm³/mol.